The average Bonchev–Trinajstić information content (AvgIpc) is 3.19. The minimum atomic E-state index is 0.355. The third kappa shape index (κ3) is 3.96. The molecule has 0 aliphatic carbocycles. The largest absolute Gasteiger partial charge is 0.381 e. The van der Waals surface area contributed by atoms with Crippen LogP contribution in [0.4, 0.5) is 11.8 Å². The highest BCUT2D eigenvalue weighted by molar-refractivity contribution is 8.00. The summed E-state index contributed by atoms with van der Waals surface area (Å²) in [5.41, 5.74) is 8.38. The first-order chi connectivity index (χ1) is 12.7. The van der Waals surface area contributed by atoms with Crippen LogP contribution in [0, 0.1) is 6.92 Å². The van der Waals surface area contributed by atoms with E-state index in [0.29, 0.717) is 17.1 Å². The third-order valence-corrected chi connectivity index (χ3v) is 6.77. The van der Waals surface area contributed by atoms with Gasteiger partial charge in [-0.05, 0) is 37.8 Å². The fraction of sp³-hybridized carbons (Fsp3) is 0.500. The second kappa shape index (κ2) is 7.84. The molecule has 0 amide bonds. The number of rotatable bonds is 4. The van der Waals surface area contributed by atoms with Gasteiger partial charge in [-0.3, -0.25) is 0 Å². The monoisotopic (exact) mass is 370 g/mol. The van der Waals surface area contributed by atoms with E-state index >= 15 is 0 Å². The molecule has 1 unspecified atom stereocenters. The number of benzene rings is 1. The number of nitrogens with zero attached hydrogens (tertiary/aromatic N) is 3. The summed E-state index contributed by atoms with van der Waals surface area (Å²) < 4.78 is 5.50. The van der Waals surface area contributed by atoms with Crippen LogP contribution in [0.25, 0.3) is 0 Å². The number of thioether (sulfide) groups is 1. The Balaban J connectivity index is 1.41. The molecule has 4 rings (SSSR count). The van der Waals surface area contributed by atoms with Gasteiger partial charge in [0.25, 0.3) is 0 Å². The maximum atomic E-state index is 5.99. The molecule has 5 nitrogen and oxygen atoms in total. The molecule has 1 aromatic carbocycles. The molecule has 2 aromatic rings. The molecule has 1 atom stereocenters. The van der Waals surface area contributed by atoms with Crippen LogP contribution >= 0.6 is 11.8 Å². The summed E-state index contributed by atoms with van der Waals surface area (Å²) in [6.07, 6.45) is 3.33. The smallest absolute Gasteiger partial charge is 0.222 e. The minimum absolute atomic E-state index is 0.355. The predicted octanol–water partition coefficient (Wildman–Crippen LogP) is 3.63. The van der Waals surface area contributed by atoms with Crippen LogP contribution in [-0.2, 0) is 4.74 Å². The van der Waals surface area contributed by atoms with E-state index in [2.05, 4.69) is 52.1 Å². The van der Waals surface area contributed by atoms with Gasteiger partial charge in [0.05, 0.1) is 12.3 Å². The lowest BCUT2D eigenvalue weighted by Crippen LogP contribution is -2.35. The number of nitrogen functional groups attached to an aromatic ring is 1. The Hall–Kier alpha value is -1.79. The molecule has 2 saturated heterocycles. The molecule has 0 radical (unpaired) electrons. The van der Waals surface area contributed by atoms with E-state index < -0.39 is 0 Å². The van der Waals surface area contributed by atoms with Crippen molar-refractivity contribution in [1.82, 2.24) is 9.97 Å². The highest BCUT2D eigenvalue weighted by Crippen LogP contribution is 2.34. The Bertz CT molecular complexity index is 755. The zero-order valence-corrected chi connectivity index (χ0v) is 16.0. The second-order valence-electron chi connectivity index (χ2n) is 7.14. The normalized spacial score (nSPS) is 21.3. The number of aryl methyl sites for hydroxylation is 1. The van der Waals surface area contributed by atoms with Gasteiger partial charge >= 0.3 is 0 Å². The molecule has 26 heavy (non-hydrogen) atoms. The van der Waals surface area contributed by atoms with Gasteiger partial charge in [0, 0.05) is 41.8 Å². The van der Waals surface area contributed by atoms with Gasteiger partial charge in [0.15, 0.2) is 0 Å². The Kier molecular flexibility index (Phi) is 5.31. The Labute approximate surface area is 159 Å². The van der Waals surface area contributed by atoms with Crippen LogP contribution in [0.2, 0.25) is 0 Å². The third-order valence-electron chi connectivity index (χ3n) is 5.25. The zero-order valence-electron chi connectivity index (χ0n) is 15.2. The van der Waals surface area contributed by atoms with Gasteiger partial charge in [-0.25, -0.2) is 4.98 Å². The second-order valence-corrected chi connectivity index (χ2v) is 8.48. The predicted molar refractivity (Wildman–Crippen MR) is 107 cm³/mol. The minimum Gasteiger partial charge on any atom is -0.381 e. The molecule has 138 valence electrons. The summed E-state index contributed by atoms with van der Waals surface area (Å²) in [6.45, 7) is 5.77. The molecule has 3 heterocycles. The highest BCUT2D eigenvalue weighted by atomic mass is 32.2. The van der Waals surface area contributed by atoms with Crippen molar-refractivity contribution in [3.8, 4) is 0 Å². The van der Waals surface area contributed by atoms with Crippen LogP contribution in [0.5, 0.6) is 0 Å². The maximum Gasteiger partial charge on any atom is 0.222 e. The number of ether oxygens (including phenoxy) is 1. The van der Waals surface area contributed by atoms with Gasteiger partial charge in [0.2, 0.25) is 5.95 Å². The van der Waals surface area contributed by atoms with Crippen molar-refractivity contribution in [2.45, 2.75) is 42.2 Å². The molecular formula is C20H26N4OS. The van der Waals surface area contributed by atoms with E-state index in [1.54, 1.807) is 0 Å². The Morgan fingerprint density at radius 3 is 2.69 bits per heavy atom. The van der Waals surface area contributed by atoms with Gasteiger partial charge in [-0.2, -0.15) is 4.98 Å². The van der Waals surface area contributed by atoms with Crippen molar-refractivity contribution in [1.29, 1.82) is 0 Å². The number of aromatic nitrogens is 2. The van der Waals surface area contributed by atoms with Crippen LogP contribution in [0.15, 0.2) is 35.2 Å². The summed E-state index contributed by atoms with van der Waals surface area (Å²) in [7, 11) is 0. The van der Waals surface area contributed by atoms with Crippen LogP contribution in [0.3, 0.4) is 0 Å². The van der Waals surface area contributed by atoms with Crippen molar-refractivity contribution in [2.75, 3.05) is 36.9 Å². The first kappa shape index (κ1) is 17.6. The number of anilines is 2. The van der Waals surface area contributed by atoms with Crippen molar-refractivity contribution in [2.24, 2.45) is 0 Å². The topological polar surface area (TPSA) is 64.3 Å². The molecule has 0 spiro atoms. The van der Waals surface area contributed by atoms with Crippen LogP contribution in [-0.4, -0.2) is 41.5 Å². The standard InChI is InChI=1S/C20H26N4OS/c1-14-4-2-3-5-18(14)26-16-6-9-24(10-7-16)19-12-17(22-20(21)23-19)15-8-11-25-13-15/h2-5,12,15-16H,6-11,13H2,1H3,(H2,21,22,23). The van der Waals surface area contributed by atoms with E-state index in [1.807, 2.05) is 11.8 Å². The zero-order chi connectivity index (χ0) is 17.9. The number of nitrogens with two attached hydrogens (primary N) is 1. The molecule has 0 bridgehead atoms. The molecule has 2 fully saturated rings. The van der Waals surface area contributed by atoms with Crippen molar-refractivity contribution >= 4 is 23.5 Å². The van der Waals surface area contributed by atoms with E-state index in [4.69, 9.17) is 10.5 Å². The first-order valence-corrected chi connectivity index (χ1v) is 10.3. The number of piperidine rings is 1. The molecule has 1 aromatic heterocycles. The molecule has 6 heteroatoms. The van der Waals surface area contributed by atoms with Crippen LogP contribution < -0.4 is 10.6 Å². The van der Waals surface area contributed by atoms with E-state index in [9.17, 15) is 0 Å². The fourth-order valence-corrected chi connectivity index (χ4v) is 4.90. The van der Waals surface area contributed by atoms with Crippen LogP contribution in [0.1, 0.15) is 36.4 Å². The molecule has 0 saturated carbocycles. The van der Waals surface area contributed by atoms with Gasteiger partial charge < -0.3 is 15.4 Å². The average molecular weight is 371 g/mol. The highest BCUT2D eigenvalue weighted by Gasteiger charge is 2.24. The molecule has 2 aliphatic rings. The van der Waals surface area contributed by atoms with Gasteiger partial charge in [-0.15, -0.1) is 11.8 Å². The lowest BCUT2D eigenvalue weighted by molar-refractivity contribution is 0.193. The summed E-state index contributed by atoms with van der Waals surface area (Å²) in [5.74, 6) is 1.70. The summed E-state index contributed by atoms with van der Waals surface area (Å²) in [4.78, 5) is 12.7. The SMILES string of the molecule is Cc1ccccc1SC1CCN(c2cc(C3CCOC3)nc(N)n2)CC1. The number of hydrogen-bond acceptors (Lipinski definition) is 6. The van der Waals surface area contributed by atoms with E-state index in [0.717, 1.165) is 57.1 Å². The number of hydrogen-bond donors (Lipinski definition) is 1. The summed E-state index contributed by atoms with van der Waals surface area (Å²) >= 11 is 2.01. The van der Waals surface area contributed by atoms with E-state index in [-0.39, 0.29) is 0 Å². The van der Waals surface area contributed by atoms with Gasteiger partial charge in [0.1, 0.15) is 5.82 Å². The summed E-state index contributed by atoms with van der Waals surface area (Å²) in [5, 5.41) is 0.661. The molecule has 2 aliphatic heterocycles. The summed E-state index contributed by atoms with van der Waals surface area (Å²) in [6, 6.07) is 10.8. The Morgan fingerprint density at radius 2 is 1.96 bits per heavy atom. The molecular weight excluding hydrogens is 344 g/mol. The lowest BCUT2D eigenvalue weighted by Gasteiger charge is -2.33. The lowest BCUT2D eigenvalue weighted by atomic mass is 10.0. The van der Waals surface area contributed by atoms with Crippen molar-refractivity contribution in [3.63, 3.8) is 0 Å². The fourth-order valence-electron chi connectivity index (χ4n) is 3.68. The quantitative estimate of drug-likeness (QED) is 0.887. The maximum absolute atomic E-state index is 5.99. The molecule has 2 N–H and O–H groups in total. The Morgan fingerprint density at radius 1 is 1.15 bits per heavy atom. The first-order valence-electron chi connectivity index (χ1n) is 9.38. The van der Waals surface area contributed by atoms with Crippen molar-refractivity contribution in [3.05, 3.63) is 41.6 Å². The van der Waals surface area contributed by atoms with Crippen molar-refractivity contribution < 1.29 is 4.74 Å². The van der Waals surface area contributed by atoms with E-state index in [1.165, 1.54) is 10.5 Å². The van der Waals surface area contributed by atoms with Gasteiger partial charge in [-0.1, -0.05) is 18.2 Å².